The topological polar surface area (TPSA) is 118 Å². The van der Waals surface area contributed by atoms with Crippen molar-refractivity contribution in [3.8, 4) is 0 Å². The second-order valence-electron chi connectivity index (χ2n) is 2.62. The molecular weight excluding hydrogens is 241 g/mol. The molecule has 16 heavy (non-hydrogen) atoms. The third-order valence-electron chi connectivity index (χ3n) is 1.37. The summed E-state index contributed by atoms with van der Waals surface area (Å²) in [7, 11) is 0. The van der Waals surface area contributed by atoms with Gasteiger partial charge < -0.3 is 15.9 Å². The number of primary amides is 1. The van der Waals surface area contributed by atoms with Gasteiger partial charge in [0.1, 0.15) is 0 Å². The van der Waals surface area contributed by atoms with Gasteiger partial charge in [0.05, 0.1) is 0 Å². The van der Waals surface area contributed by atoms with E-state index >= 15 is 0 Å². The van der Waals surface area contributed by atoms with E-state index in [4.69, 9.17) is 10.2 Å². The predicted molar refractivity (Wildman–Crippen MR) is 60.2 cm³/mol. The Morgan fingerprint density at radius 2 is 1.62 bits per heavy atom. The van der Waals surface area contributed by atoms with E-state index in [0.29, 0.717) is 6.42 Å². The molecular formula is C9H16KNO5. The summed E-state index contributed by atoms with van der Waals surface area (Å²) in [4.78, 5) is 29.8. The normalized spacial score (nSPS) is 8.12. The SMILES string of the molecule is C=CC(N)=O.CCCC(C(=O)O)C(=O)O.[KH]. The molecule has 0 atom stereocenters. The Morgan fingerprint density at radius 3 is 1.69 bits per heavy atom. The number of hydrogen-bond acceptors (Lipinski definition) is 3. The Labute approximate surface area is 136 Å². The van der Waals surface area contributed by atoms with Gasteiger partial charge in [-0.1, -0.05) is 19.9 Å². The molecule has 0 aliphatic heterocycles. The molecule has 0 saturated carbocycles. The number of aliphatic carboxylic acids is 2. The number of rotatable bonds is 5. The number of carboxylic acids is 2. The average molecular weight is 257 g/mol. The number of hydrogen-bond donors (Lipinski definition) is 3. The molecule has 0 aromatic heterocycles. The minimum atomic E-state index is -1.26. The van der Waals surface area contributed by atoms with Crippen molar-refractivity contribution in [3.63, 3.8) is 0 Å². The number of carbonyl (C=O) groups is 3. The van der Waals surface area contributed by atoms with E-state index in [0.717, 1.165) is 6.08 Å². The van der Waals surface area contributed by atoms with Gasteiger partial charge in [-0.05, 0) is 12.5 Å². The molecule has 0 aliphatic carbocycles. The zero-order valence-electron chi connectivity index (χ0n) is 8.47. The van der Waals surface area contributed by atoms with Gasteiger partial charge in [0.25, 0.3) is 0 Å². The van der Waals surface area contributed by atoms with Crippen molar-refractivity contribution in [2.24, 2.45) is 11.7 Å². The molecule has 0 aromatic rings. The Hall–Kier alpha value is -0.214. The number of nitrogens with two attached hydrogens (primary N) is 1. The molecule has 0 fully saturated rings. The molecule has 1 amide bonds. The standard InChI is InChI=1S/C6H10O4.C3H5NO.K.H/c1-2-3-4(5(7)8)6(9)10;1-2-3(4)5;;/h4H,2-3H2,1H3,(H,7,8)(H,9,10);2H,1H2,(H2,4,5);;. The molecule has 0 radical (unpaired) electrons. The van der Waals surface area contributed by atoms with E-state index in [1.165, 1.54) is 0 Å². The van der Waals surface area contributed by atoms with Crippen molar-refractivity contribution >= 4 is 69.2 Å². The fraction of sp³-hybridized carbons (Fsp3) is 0.444. The Kier molecular flexibility index (Phi) is 17.0. The van der Waals surface area contributed by atoms with Crippen molar-refractivity contribution in [1.82, 2.24) is 0 Å². The summed E-state index contributed by atoms with van der Waals surface area (Å²) in [5, 5.41) is 16.6. The summed E-state index contributed by atoms with van der Waals surface area (Å²) in [6.45, 7) is 4.83. The van der Waals surface area contributed by atoms with Crippen LogP contribution < -0.4 is 5.73 Å². The molecule has 7 heteroatoms. The van der Waals surface area contributed by atoms with Crippen molar-refractivity contribution in [2.45, 2.75) is 19.8 Å². The van der Waals surface area contributed by atoms with Gasteiger partial charge >= 0.3 is 63.3 Å². The maximum absolute atomic E-state index is 10.2. The summed E-state index contributed by atoms with van der Waals surface area (Å²) < 4.78 is 0. The van der Waals surface area contributed by atoms with Crippen LogP contribution >= 0.6 is 0 Å². The van der Waals surface area contributed by atoms with Crippen LogP contribution in [0.3, 0.4) is 0 Å². The van der Waals surface area contributed by atoms with Crippen LogP contribution in [0.5, 0.6) is 0 Å². The molecule has 0 aromatic carbocycles. The first-order valence-electron chi connectivity index (χ1n) is 4.24. The summed E-state index contributed by atoms with van der Waals surface area (Å²) >= 11 is 0. The fourth-order valence-corrected chi connectivity index (χ4v) is 0.641. The first-order valence-corrected chi connectivity index (χ1v) is 4.24. The van der Waals surface area contributed by atoms with Crippen molar-refractivity contribution in [1.29, 1.82) is 0 Å². The number of amides is 1. The van der Waals surface area contributed by atoms with E-state index in [1.54, 1.807) is 6.92 Å². The molecule has 0 heterocycles. The van der Waals surface area contributed by atoms with Gasteiger partial charge in [-0.25, -0.2) is 0 Å². The number of carbonyl (C=O) groups excluding carboxylic acids is 1. The third kappa shape index (κ3) is 13.8. The molecule has 4 N–H and O–H groups in total. The van der Waals surface area contributed by atoms with Gasteiger partial charge in [-0.2, -0.15) is 0 Å². The van der Waals surface area contributed by atoms with Gasteiger partial charge in [-0.3, -0.25) is 14.4 Å². The van der Waals surface area contributed by atoms with Crippen LogP contribution in [-0.4, -0.2) is 79.4 Å². The van der Waals surface area contributed by atoms with Crippen LogP contribution in [0.4, 0.5) is 0 Å². The van der Waals surface area contributed by atoms with Gasteiger partial charge in [-0.15, -0.1) is 0 Å². The zero-order chi connectivity index (χ0) is 12.4. The van der Waals surface area contributed by atoms with Crippen LogP contribution in [0.1, 0.15) is 19.8 Å². The van der Waals surface area contributed by atoms with Gasteiger partial charge in [0.2, 0.25) is 5.91 Å². The Balaban J connectivity index is -0.000000242. The summed E-state index contributed by atoms with van der Waals surface area (Å²) in [5.74, 6) is -4.22. The van der Waals surface area contributed by atoms with E-state index in [-0.39, 0.29) is 57.8 Å². The first-order chi connectivity index (χ1) is 6.86. The van der Waals surface area contributed by atoms with Crippen LogP contribution in [0.15, 0.2) is 12.7 Å². The minimum absolute atomic E-state index is 0. The second kappa shape index (κ2) is 12.9. The van der Waals surface area contributed by atoms with Crippen LogP contribution in [0.25, 0.3) is 0 Å². The van der Waals surface area contributed by atoms with Crippen LogP contribution in [0.2, 0.25) is 0 Å². The molecule has 0 aliphatic rings. The second-order valence-corrected chi connectivity index (χ2v) is 2.62. The summed E-state index contributed by atoms with van der Waals surface area (Å²) in [6.07, 6.45) is 1.83. The monoisotopic (exact) mass is 257 g/mol. The number of carboxylic acid groups (broad SMARTS) is 2. The van der Waals surface area contributed by atoms with Crippen LogP contribution in [0, 0.1) is 5.92 Å². The fourth-order valence-electron chi connectivity index (χ4n) is 0.641. The van der Waals surface area contributed by atoms with Crippen molar-refractivity contribution in [2.75, 3.05) is 0 Å². The van der Waals surface area contributed by atoms with Crippen molar-refractivity contribution < 1.29 is 24.6 Å². The molecule has 88 valence electrons. The molecule has 0 rings (SSSR count). The predicted octanol–water partition coefficient (Wildman–Crippen LogP) is -0.419. The van der Waals surface area contributed by atoms with E-state index in [9.17, 15) is 14.4 Å². The summed E-state index contributed by atoms with van der Waals surface area (Å²) in [5.41, 5.74) is 4.53. The molecule has 0 spiro atoms. The van der Waals surface area contributed by atoms with E-state index in [2.05, 4.69) is 12.3 Å². The molecule has 0 unspecified atom stereocenters. The van der Waals surface area contributed by atoms with E-state index in [1.807, 2.05) is 0 Å². The quantitative estimate of drug-likeness (QED) is 0.351. The maximum atomic E-state index is 10.2. The van der Waals surface area contributed by atoms with Crippen LogP contribution in [-0.2, 0) is 14.4 Å². The first kappa shape index (κ1) is 21.1. The molecule has 0 saturated heterocycles. The summed E-state index contributed by atoms with van der Waals surface area (Å²) in [6, 6.07) is 0. The van der Waals surface area contributed by atoms with E-state index < -0.39 is 23.8 Å². The Bertz CT molecular complexity index is 240. The van der Waals surface area contributed by atoms with Gasteiger partial charge in [0.15, 0.2) is 5.92 Å². The molecule has 6 nitrogen and oxygen atoms in total. The van der Waals surface area contributed by atoms with Crippen molar-refractivity contribution in [3.05, 3.63) is 12.7 Å². The Morgan fingerprint density at radius 1 is 1.31 bits per heavy atom. The zero-order valence-corrected chi connectivity index (χ0v) is 8.47. The van der Waals surface area contributed by atoms with Gasteiger partial charge in [0, 0.05) is 0 Å². The average Bonchev–Trinajstić information content (AvgIpc) is 2.14. The third-order valence-corrected chi connectivity index (χ3v) is 1.37. The molecule has 0 bridgehead atoms.